The van der Waals surface area contributed by atoms with E-state index in [1.807, 2.05) is 24.3 Å². The summed E-state index contributed by atoms with van der Waals surface area (Å²) in [7, 11) is 0. The molecule has 3 rings (SSSR count). The van der Waals surface area contributed by atoms with E-state index in [1.54, 1.807) is 6.07 Å². The molecule has 2 aromatic carbocycles. The standard InChI is InChI=1S/C14H12FN/c15-13-8-4-7-11-12(9-16-14(11)13)10-5-2-1-3-6-10/h1-8,12,16H,9H2. The molecule has 1 N–H and O–H groups in total. The van der Waals surface area contributed by atoms with Crippen LogP contribution in [0, 0.1) is 5.82 Å². The van der Waals surface area contributed by atoms with E-state index in [0.29, 0.717) is 5.69 Å². The summed E-state index contributed by atoms with van der Waals surface area (Å²) >= 11 is 0. The van der Waals surface area contributed by atoms with Crippen LogP contribution in [0.5, 0.6) is 0 Å². The third kappa shape index (κ3) is 1.38. The second kappa shape index (κ2) is 3.63. The average molecular weight is 213 g/mol. The van der Waals surface area contributed by atoms with Gasteiger partial charge < -0.3 is 5.32 Å². The van der Waals surface area contributed by atoms with Gasteiger partial charge in [-0.05, 0) is 17.2 Å². The molecule has 2 aromatic rings. The van der Waals surface area contributed by atoms with Crippen LogP contribution in [0.25, 0.3) is 0 Å². The van der Waals surface area contributed by atoms with Gasteiger partial charge in [0.2, 0.25) is 0 Å². The predicted octanol–water partition coefficient (Wildman–Crippen LogP) is 3.38. The van der Waals surface area contributed by atoms with Crippen molar-refractivity contribution in [2.75, 3.05) is 11.9 Å². The van der Waals surface area contributed by atoms with E-state index in [1.165, 1.54) is 11.6 Å². The maximum atomic E-state index is 13.5. The molecule has 1 atom stereocenters. The summed E-state index contributed by atoms with van der Waals surface area (Å²) < 4.78 is 13.5. The highest BCUT2D eigenvalue weighted by molar-refractivity contribution is 5.61. The molecule has 0 aromatic heterocycles. The third-order valence-electron chi connectivity index (χ3n) is 3.11. The Morgan fingerprint density at radius 2 is 1.81 bits per heavy atom. The van der Waals surface area contributed by atoms with E-state index in [2.05, 4.69) is 17.4 Å². The lowest BCUT2D eigenvalue weighted by atomic mass is 9.93. The molecule has 1 unspecified atom stereocenters. The lowest BCUT2D eigenvalue weighted by molar-refractivity contribution is 0.631. The summed E-state index contributed by atoms with van der Waals surface area (Å²) in [5.41, 5.74) is 2.96. The van der Waals surface area contributed by atoms with Crippen molar-refractivity contribution in [2.45, 2.75) is 5.92 Å². The van der Waals surface area contributed by atoms with Gasteiger partial charge in [-0.1, -0.05) is 42.5 Å². The number of para-hydroxylation sites is 1. The molecule has 0 aliphatic carbocycles. The van der Waals surface area contributed by atoms with Crippen LogP contribution in [-0.4, -0.2) is 6.54 Å². The predicted molar refractivity (Wildman–Crippen MR) is 63.2 cm³/mol. The van der Waals surface area contributed by atoms with Crippen LogP contribution in [0.4, 0.5) is 10.1 Å². The Bertz CT molecular complexity index is 507. The Kier molecular flexibility index (Phi) is 2.13. The number of nitrogens with one attached hydrogen (secondary N) is 1. The van der Waals surface area contributed by atoms with Crippen molar-refractivity contribution in [2.24, 2.45) is 0 Å². The van der Waals surface area contributed by atoms with Crippen LogP contribution in [-0.2, 0) is 0 Å². The molecule has 16 heavy (non-hydrogen) atoms. The number of benzene rings is 2. The Morgan fingerprint density at radius 1 is 1.00 bits per heavy atom. The fourth-order valence-corrected chi connectivity index (χ4v) is 2.31. The second-order valence-corrected chi connectivity index (χ2v) is 4.05. The summed E-state index contributed by atoms with van der Waals surface area (Å²) in [5.74, 6) is 0.114. The summed E-state index contributed by atoms with van der Waals surface area (Å²) in [6.07, 6.45) is 0. The van der Waals surface area contributed by atoms with Crippen molar-refractivity contribution >= 4 is 5.69 Å². The maximum absolute atomic E-state index is 13.5. The SMILES string of the molecule is Fc1cccc2c1NCC2c1ccccc1. The molecule has 0 radical (unpaired) electrons. The fourth-order valence-electron chi connectivity index (χ4n) is 2.31. The van der Waals surface area contributed by atoms with Crippen LogP contribution in [0.1, 0.15) is 17.0 Å². The van der Waals surface area contributed by atoms with Gasteiger partial charge >= 0.3 is 0 Å². The van der Waals surface area contributed by atoms with Gasteiger partial charge in [0.05, 0.1) is 5.69 Å². The van der Waals surface area contributed by atoms with Crippen molar-refractivity contribution in [3.05, 3.63) is 65.5 Å². The molecule has 0 spiro atoms. The number of hydrogen-bond acceptors (Lipinski definition) is 1. The van der Waals surface area contributed by atoms with Gasteiger partial charge in [0.1, 0.15) is 5.82 Å². The Labute approximate surface area is 93.9 Å². The Balaban J connectivity index is 2.07. The van der Waals surface area contributed by atoms with E-state index in [4.69, 9.17) is 0 Å². The smallest absolute Gasteiger partial charge is 0.146 e. The lowest BCUT2D eigenvalue weighted by Crippen LogP contribution is -2.03. The number of rotatable bonds is 1. The molecule has 1 aliphatic heterocycles. The Hall–Kier alpha value is -1.83. The normalized spacial score (nSPS) is 17.9. The quantitative estimate of drug-likeness (QED) is 0.765. The molecule has 0 fully saturated rings. The topological polar surface area (TPSA) is 12.0 Å². The first-order chi connectivity index (χ1) is 7.86. The van der Waals surface area contributed by atoms with Gasteiger partial charge in [-0.25, -0.2) is 4.39 Å². The molecule has 80 valence electrons. The minimum Gasteiger partial charge on any atom is -0.381 e. The number of fused-ring (bicyclic) bond motifs is 1. The zero-order valence-electron chi connectivity index (χ0n) is 8.78. The van der Waals surface area contributed by atoms with Gasteiger partial charge in [0, 0.05) is 12.5 Å². The minimum atomic E-state index is -0.157. The summed E-state index contributed by atoms with van der Waals surface area (Å²) in [6.45, 7) is 0.778. The van der Waals surface area contributed by atoms with Crippen molar-refractivity contribution < 1.29 is 4.39 Å². The molecule has 1 aliphatic rings. The van der Waals surface area contributed by atoms with Gasteiger partial charge in [0.15, 0.2) is 0 Å². The van der Waals surface area contributed by atoms with Crippen LogP contribution in [0.3, 0.4) is 0 Å². The molecule has 0 bridgehead atoms. The highest BCUT2D eigenvalue weighted by Gasteiger charge is 2.25. The molecule has 2 heteroatoms. The molecule has 1 heterocycles. The van der Waals surface area contributed by atoms with Gasteiger partial charge in [-0.15, -0.1) is 0 Å². The van der Waals surface area contributed by atoms with Crippen molar-refractivity contribution in [3.63, 3.8) is 0 Å². The van der Waals surface area contributed by atoms with E-state index in [0.717, 1.165) is 12.1 Å². The second-order valence-electron chi connectivity index (χ2n) is 4.05. The third-order valence-corrected chi connectivity index (χ3v) is 3.11. The summed E-state index contributed by atoms with van der Waals surface area (Å²) in [4.78, 5) is 0. The number of halogens is 1. The molecular weight excluding hydrogens is 201 g/mol. The molecule has 1 nitrogen and oxygen atoms in total. The summed E-state index contributed by atoms with van der Waals surface area (Å²) in [5, 5.41) is 3.14. The zero-order valence-corrected chi connectivity index (χ0v) is 8.78. The monoisotopic (exact) mass is 213 g/mol. The molecule has 0 saturated carbocycles. The van der Waals surface area contributed by atoms with Gasteiger partial charge in [-0.3, -0.25) is 0 Å². The van der Waals surface area contributed by atoms with Crippen molar-refractivity contribution in [1.82, 2.24) is 0 Å². The highest BCUT2D eigenvalue weighted by Crippen LogP contribution is 2.37. The Morgan fingerprint density at radius 3 is 2.62 bits per heavy atom. The minimum absolute atomic E-state index is 0.157. The van der Waals surface area contributed by atoms with Crippen molar-refractivity contribution in [3.8, 4) is 0 Å². The molecule has 0 saturated heterocycles. The summed E-state index contributed by atoms with van der Waals surface area (Å²) in [6, 6.07) is 15.5. The van der Waals surface area contributed by atoms with Crippen LogP contribution in [0.15, 0.2) is 48.5 Å². The van der Waals surface area contributed by atoms with E-state index < -0.39 is 0 Å². The fraction of sp³-hybridized carbons (Fsp3) is 0.143. The van der Waals surface area contributed by atoms with Crippen molar-refractivity contribution in [1.29, 1.82) is 0 Å². The number of hydrogen-bond donors (Lipinski definition) is 1. The van der Waals surface area contributed by atoms with Crippen LogP contribution < -0.4 is 5.32 Å². The van der Waals surface area contributed by atoms with Crippen LogP contribution in [0.2, 0.25) is 0 Å². The van der Waals surface area contributed by atoms with Gasteiger partial charge in [-0.2, -0.15) is 0 Å². The lowest BCUT2D eigenvalue weighted by Gasteiger charge is -2.10. The van der Waals surface area contributed by atoms with Crippen LogP contribution >= 0.6 is 0 Å². The molecule has 0 amide bonds. The zero-order chi connectivity index (χ0) is 11.0. The number of anilines is 1. The van der Waals surface area contributed by atoms with E-state index in [9.17, 15) is 4.39 Å². The highest BCUT2D eigenvalue weighted by atomic mass is 19.1. The first kappa shape index (κ1) is 9.40. The first-order valence-corrected chi connectivity index (χ1v) is 5.43. The van der Waals surface area contributed by atoms with Gasteiger partial charge in [0.25, 0.3) is 0 Å². The average Bonchev–Trinajstić information content (AvgIpc) is 2.75. The first-order valence-electron chi connectivity index (χ1n) is 5.43. The van der Waals surface area contributed by atoms with E-state index in [-0.39, 0.29) is 11.7 Å². The largest absolute Gasteiger partial charge is 0.381 e. The van der Waals surface area contributed by atoms with E-state index >= 15 is 0 Å². The molecular formula is C14H12FN. The maximum Gasteiger partial charge on any atom is 0.146 e.